The third-order valence-electron chi connectivity index (χ3n) is 5.16. The molecule has 3 heterocycles. The van der Waals surface area contributed by atoms with E-state index in [1.165, 1.54) is 11.6 Å². The molecule has 0 spiro atoms. The molecular formula is C23H18ClFN6. The summed E-state index contributed by atoms with van der Waals surface area (Å²) in [6.07, 6.45) is 6.01. The topological polar surface area (TPSA) is 81.1 Å². The second-order valence-corrected chi connectivity index (χ2v) is 7.54. The van der Waals surface area contributed by atoms with E-state index in [9.17, 15) is 4.39 Å². The molecule has 0 radical (unpaired) electrons. The van der Waals surface area contributed by atoms with Crippen LogP contribution in [0.1, 0.15) is 5.56 Å². The van der Waals surface area contributed by atoms with Crippen LogP contribution in [0.15, 0.2) is 67.1 Å². The van der Waals surface area contributed by atoms with E-state index in [4.69, 9.17) is 17.3 Å². The molecule has 0 bridgehead atoms. The van der Waals surface area contributed by atoms with E-state index in [0.29, 0.717) is 22.7 Å². The lowest BCUT2D eigenvalue weighted by Crippen LogP contribution is -2.06. The summed E-state index contributed by atoms with van der Waals surface area (Å²) < 4.78 is 16.4. The van der Waals surface area contributed by atoms with Gasteiger partial charge in [-0.2, -0.15) is 0 Å². The Bertz CT molecular complexity index is 1380. The number of hydrogen-bond acceptors (Lipinski definition) is 5. The molecule has 8 heteroatoms. The first-order valence-electron chi connectivity index (χ1n) is 9.75. The van der Waals surface area contributed by atoms with Gasteiger partial charge in [-0.15, -0.1) is 0 Å². The van der Waals surface area contributed by atoms with E-state index in [0.717, 1.165) is 24.2 Å². The maximum atomic E-state index is 14.6. The van der Waals surface area contributed by atoms with Gasteiger partial charge in [0, 0.05) is 24.6 Å². The summed E-state index contributed by atoms with van der Waals surface area (Å²) in [6, 6.07) is 14.3. The van der Waals surface area contributed by atoms with Crippen molar-refractivity contribution >= 4 is 39.7 Å². The van der Waals surface area contributed by atoms with Gasteiger partial charge >= 0.3 is 0 Å². The summed E-state index contributed by atoms with van der Waals surface area (Å²) >= 11 is 6.31. The molecule has 0 atom stereocenters. The minimum absolute atomic E-state index is 0.229. The SMILES string of the molecule is Nc1nc2ccc(NCCc3ccncc3)cc2n2c(-c3c(F)cccc3Cl)ncc12. The molecule has 3 aromatic heterocycles. The standard InChI is InChI=1S/C23H18ClFN6/c24-16-2-1-3-17(25)21(16)23-29-13-20-22(26)30-18-5-4-15(12-19(18)31(20)23)28-11-8-14-6-9-27-10-7-14/h1-7,9-10,12-13,28H,8,11H2,(H2,26,30). The predicted octanol–water partition coefficient (Wildman–Crippen LogP) is 4.97. The van der Waals surface area contributed by atoms with Crippen molar-refractivity contribution < 1.29 is 4.39 Å². The quantitative estimate of drug-likeness (QED) is 0.409. The molecule has 31 heavy (non-hydrogen) atoms. The molecule has 0 saturated carbocycles. The molecule has 0 aliphatic carbocycles. The van der Waals surface area contributed by atoms with Crippen molar-refractivity contribution in [1.82, 2.24) is 19.4 Å². The van der Waals surface area contributed by atoms with E-state index in [-0.39, 0.29) is 10.6 Å². The Labute approximate surface area is 182 Å². The number of anilines is 2. The molecule has 5 rings (SSSR count). The number of rotatable bonds is 5. The fourth-order valence-electron chi connectivity index (χ4n) is 3.66. The van der Waals surface area contributed by atoms with Crippen LogP contribution in [0.3, 0.4) is 0 Å². The summed E-state index contributed by atoms with van der Waals surface area (Å²) in [5.74, 6) is 0.249. The van der Waals surface area contributed by atoms with Crippen LogP contribution in [0, 0.1) is 5.82 Å². The van der Waals surface area contributed by atoms with Gasteiger partial charge < -0.3 is 11.1 Å². The average Bonchev–Trinajstić information content (AvgIpc) is 3.21. The van der Waals surface area contributed by atoms with E-state index < -0.39 is 5.82 Å². The van der Waals surface area contributed by atoms with Gasteiger partial charge in [-0.1, -0.05) is 17.7 Å². The molecule has 0 saturated heterocycles. The Hall–Kier alpha value is -3.71. The highest BCUT2D eigenvalue weighted by molar-refractivity contribution is 6.33. The van der Waals surface area contributed by atoms with Crippen molar-refractivity contribution in [3.8, 4) is 11.4 Å². The molecule has 5 aromatic rings. The monoisotopic (exact) mass is 432 g/mol. The molecule has 0 aliphatic heterocycles. The van der Waals surface area contributed by atoms with E-state index >= 15 is 0 Å². The molecule has 154 valence electrons. The molecular weight excluding hydrogens is 415 g/mol. The summed E-state index contributed by atoms with van der Waals surface area (Å²) in [5.41, 5.74) is 10.5. The average molecular weight is 433 g/mol. The fraction of sp³-hybridized carbons (Fsp3) is 0.0870. The van der Waals surface area contributed by atoms with Crippen molar-refractivity contribution in [2.24, 2.45) is 0 Å². The number of nitrogen functional groups attached to an aromatic ring is 1. The summed E-state index contributed by atoms with van der Waals surface area (Å²) in [4.78, 5) is 12.9. The van der Waals surface area contributed by atoms with Crippen LogP contribution in [-0.4, -0.2) is 25.9 Å². The van der Waals surface area contributed by atoms with Gasteiger partial charge in [-0.25, -0.2) is 14.4 Å². The number of nitrogens with zero attached hydrogens (tertiary/aromatic N) is 4. The van der Waals surface area contributed by atoms with Crippen LogP contribution < -0.4 is 11.1 Å². The lowest BCUT2D eigenvalue weighted by molar-refractivity contribution is 0.630. The molecule has 6 nitrogen and oxygen atoms in total. The number of nitrogens with one attached hydrogen (secondary N) is 1. The van der Waals surface area contributed by atoms with Gasteiger partial charge in [0.25, 0.3) is 0 Å². The van der Waals surface area contributed by atoms with Gasteiger partial charge in [0.05, 0.1) is 27.8 Å². The molecule has 2 aromatic carbocycles. The summed E-state index contributed by atoms with van der Waals surface area (Å²) in [5, 5.41) is 3.71. The zero-order valence-corrected chi connectivity index (χ0v) is 17.1. The highest BCUT2D eigenvalue weighted by atomic mass is 35.5. The molecule has 0 unspecified atom stereocenters. The van der Waals surface area contributed by atoms with Crippen molar-refractivity contribution in [2.45, 2.75) is 6.42 Å². The molecule has 3 N–H and O–H groups in total. The number of benzene rings is 2. The lowest BCUT2D eigenvalue weighted by atomic mass is 10.2. The van der Waals surface area contributed by atoms with Crippen molar-refractivity contribution in [3.05, 3.63) is 83.5 Å². The molecule has 0 fully saturated rings. The van der Waals surface area contributed by atoms with Gasteiger partial charge in [-0.05, 0) is 54.4 Å². The first-order valence-corrected chi connectivity index (χ1v) is 10.1. The summed E-state index contributed by atoms with van der Waals surface area (Å²) in [7, 11) is 0. The van der Waals surface area contributed by atoms with E-state index in [1.54, 1.807) is 35.1 Å². The van der Waals surface area contributed by atoms with Crippen LogP contribution in [0.25, 0.3) is 27.9 Å². The molecule has 0 amide bonds. The number of hydrogen-bond donors (Lipinski definition) is 2. The first-order chi connectivity index (χ1) is 15.1. The highest BCUT2D eigenvalue weighted by Gasteiger charge is 2.18. The predicted molar refractivity (Wildman–Crippen MR) is 122 cm³/mol. The van der Waals surface area contributed by atoms with Gasteiger partial charge in [0.1, 0.15) is 23.0 Å². The van der Waals surface area contributed by atoms with Crippen molar-refractivity contribution in [3.63, 3.8) is 0 Å². The molecule has 0 aliphatic rings. The van der Waals surface area contributed by atoms with Gasteiger partial charge in [0.2, 0.25) is 0 Å². The number of nitrogens with two attached hydrogens (primary N) is 1. The number of halogens is 2. The highest BCUT2D eigenvalue weighted by Crippen LogP contribution is 2.33. The van der Waals surface area contributed by atoms with Crippen LogP contribution in [0.2, 0.25) is 5.02 Å². The number of pyridine rings is 1. The minimum Gasteiger partial charge on any atom is -0.385 e. The fourth-order valence-corrected chi connectivity index (χ4v) is 3.91. The second kappa shape index (κ2) is 7.85. The van der Waals surface area contributed by atoms with Crippen LogP contribution in [0.5, 0.6) is 0 Å². The number of fused-ring (bicyclic) bond motifs is 3. The van der Waals surface area contributed by atoms with Gasteiger partial charge in [-0.3, -0.25) is 9.38 Å². The Balaban J connectivity index is 1.59. The number of aromatic nitrogens is 4. The van der Waals surface area contributed by atoms with Crippen molar-refractivity contribution in [2.75, 3.05) is 17.6 Å². The Kier molecular flexibility index (Phi) is 4.88. The number of imidazole rings is 1. The Morgan fingerprint density at radius 3 is 2.71 bits per heavy atom. The lowest BCUT2D eigenvalue weighted by Gasteiger charge is -2.12. The maximum Gasteiger partial charge on any atom is 0.150 e. The smallest absolute Gasteiger partial charge is 0.150 e. The normalized spacial score (nSPS) is 11.3. The zero-order chi connectivity index (χ0) is 21.4. The van der Waals surface area contributed by atoms with E-state index in [2.05, 4.69) is 20.3 Å². The summed E-state index contributed by atoms with van der Waals surface area (Å²) in [6.45, 7) is 0.747. The van der Waals surface area contributed by atoms with Crippen LogP contribution >= 0.6 is 11.6 Å². The van der Waals surface area contributed by atoms with Crippen LogP contribution in [-0.2, 0) is 6.42 Å². The van der Waals surface area contributed by atoms with E-state index in [1.807, 2.05) is 30.3 Å². The largest absolute Gasteiger partial charge is 0.385 e. The third-order valence-corrected chi connectivity index (χ3v) is 5.47. The zero-order valence-electron chi connectivity index (χ0n) is 16.4. The second-order valence-electron chi connectivity index (χ2n) is 7.13. The Morgan fingerprint density at radius 1 is 1.06 bits per heavy atom. The van der Waals surface area contributed by atoms with Crippen molar-refractivity contribution in [1.29, 1.82) is 0 Å². The van der Waals surface area contributed by atoms with Crippen LogP contribution in [0.4, 0.5) is 15.9 Å². The van der Waals surface area contributed by atoms with Gasteiger partial charge in [0.15, 0.2) is 0 Å². The Morgan fingerprint density at radius 2 is 1.90 bits per heavy atom. The minimum atomic E-state index is -0.449. The first kappa shape index (κ1) is 19.3. The maximum absolute atomic E-state index is 14.6. The third kappa shape index (κ3) is 3.53.